The molecule has 19 heavy (non-hydrogen) atoms. The topological polar surface area (TPSA) is 62.9 Å². The SMILES string of the molecule is COc1cc(CNCc2nccn2C)ccc1C#N. The largest absolute Gasteiger partial charge is 0.495 e. The zero-order chi connectivity index (χ0) is 13.7. The molecule has 0 unspecified atom stereocenters. The van der Waals surface area contributed by atoms with Gasteiger partial charge in [-0.3, -0.25) is 0 Å². The highest BCUT2D eigenvalue weighted by atomic mass is 16.5. The summed E-state index contributed by atoms with van der Waals surface area (Å²) in [6, 6.07) is 7.68. The highest BCUT2D eigenvalue weighted by Gasteiger charge is 2.04. The van der Waals surface area contributed by atoms with Crippen LogP contribution in [0.15, 0.2) is 30.6 Å². The van der Waals surface area contributed by atoms with Crippen LogP contribution >= 0.6 is 0 Å². The van der Waals surface area contributed by atoms with E-state index in [1.54, 1.807) is 19.4 Å². The molecular formula is C14H16N4O. The number of ether oxygens (including phenoxy) is 1. The highest BCUT2D eigenvalue weighted by molar-refractivity contribution is 5.45. The van der Waals surface area contributed by atoms with Gasteiger partial charge in [0.25, 0.3) is 0 Å². The maximum absolute atomic E-state index is 8.92. The van der Waals surface area contributed by atoms with Crippen molar-refractivity contribution < 1.29 is 4.74 Å². The quantitative estimate of drug-likeness (QED) is 0.882. The van der Waals surface area contributed by atoms with E-state index < -0.39 is 0 Å². The van der Waals surface area contributed by atoms with Gasteiger partial charge in [0.15, 0.2) is 0 Å². The number of aromatic nitrogens is 2. The molecule has 1 aromatic heterocycles. The number of nitrogens with one attached hydrogen (secondary N) is 1. The van der Waals surface area contributed by atoms with Gasteiger partial charge < -0.3 is 14.6 Å². The minimum absolute atomic E-state index is 0.551. The lowest BCUT2D eigenvalue weighted by Gasteiger charge is -2.08. The molecule has 0 aliphatic heterocycles. The van der Waals surface area contributed by atoms with Crippen LogP contribution in [0, 0.1) is 11.3 Å². The first-order valence-corrected chi connectivity index (χ1v) is 5.98. The Bertz CT molecular complexity index is 598. The molecule has 1 heterocycles. The molecule has 0 aliphatic rings. The van der Waals surface area contributed by atoms with Gasteiger partial charge in [-0.15, -0.1) is 0 Å². The fourth-order valence-corrected chi connectivity index (χ4v) is 1.82. The van der Waals surface area contributed by atoms with Gasteiger partial charge in [-0.1, -0.05) is 6.07 Å². The maximum atomic E-state index is 8.92. The van der Waals surface area contributed by atoms with E-state index in [1.807, 2.05) is 29.9 Å². The van der Waals surface area contributed by atoms with Gasteiger partial charge in [-0.05, 0) is 17.7 Å². The molecule has 0 aliphatic carbocycles. The van der Waals surface area contributed by atoms with Crippen LogP contribution in [0.25, 0.3) is 0 Å². The van der Waals surface area contributed by atoms with Crippen LogP contribution in [0.5, 0.6) is 5.75 Å². The van der Waals surface area contributed by atoms with E-state index in [9.17, 15) is 0 Å². The first kappa shape index (κ1) is 13.1. The molecule has 2 aromatic rings. The zero-order valence-electron chi connectivity index (χ0n) is 11.1. The number of aryl methyl sites for hydroxylation is 1. The second kappa shape index (κ2) is 6.03. The maximum Gasteiger partial charge on any atom is 0.136 e. The van der Waals surface area contributed by atoms with E-state index in [2.05, 4.69) is 16.4 Å². The number of rotatable bonds is 5. The molecule has 1 N–H and O–H groups in total. The van der Waals surface area contributed by atoms with Gasteiger partial charge in [0.05, 0.1) is 19.2 Å². The number of methoxy groups -OCH3 is 1. The van der Waals surface area contributed by atoms with E-state index in [0.717, 1.165) is 11.4 Å². The summed E-state index contributed by atoms with van der Waals surface area (Å²) in [6.45, 7) is 1.40. The van der Waals surface area contributed by atoms with Crippen molar-refractivity contribution >= 4 is 0 Å². The fourth-order valence-electron chi connectivity index (χ4n) is 1.82. The lowest BCUT2D eigenvalue weighted by Crippen LogP contribution is -2.15. The van der Waals surface area contributed by atoms with Crippen molar-refractivity contribution in [3.05, 3.63) is 47.5 Å². The number of nitriles is 1. The summed E-state index contributed by atoms with van der Waals surface area (Å²) < 4.78 is 7.16. The summed E-state index contributed by atoms with van der Waals surface area (Å²) in [7, 11) is 3.54. The predicted octanol–water partition coefficient (Wildman–Crippen LogP) is 1.59. The number of nitrogens with zero attached hydrogens (tertiary/aromatic N) is 3. The highest BCUT2D eigenvalue weighted by Crippen LogP contribution is 2.19. The van der Waals surface area contributed by atoms with E-state index in [1.165, 1.54) is 0 Å². The lowest BCUT2D eigenvalue weighted by molar-refractivity contribution is 0.412. The second-order valence-corrected chi connectivity index (χ2v) is 4.20. The predicted molar refractivity (Wildman–Crippen MR) is 71.5 cm³/mol. The minimum atomic E-state index is 0.551. The molecule has 0 radical (unpaired) electrons. The van der Waals surface area contributed by atoms with Crippen molar-refractivity contribution in [2.24, 2.45) is 7.05 Å². The summed E-state index contributed by atoms with van der Waals surface area (Å²) in [6.07, 6.45) is 3.70. The standard InChI is InChI=1S/C14H16N4O/c1-18-6-5-17-14(18)10-16-9-11-3-4-12(8-15)13(7-11)19-2/h3-7,16H,9-10H2,1-2H3. The van der Waals surface area contributed by atoms with Gasteiger partial charge in [0.2, 0.25) is 0 Å². The summed E-state index contributed by atoms with van der Waals surface area (Å²) in [5.74, 6) is 1.60. The molecule has 2 rings (SSSR count). The van der Waals surface area contributed by atoms with Crippen LogP contribution in [0.4, 0.5) is 0 Å². The van der Waals surface area contributed by atoms with Crippen LogP contribution in [0.1, 0.15) is 17.0 Å². The van der Waals surface area contributed by atoms with Crippen LogP contribution in [0.3, 0.4) is 0 Å². The lowest BCUT2D eigenvalue weighted by atomic mass is 10.1. The van der Waals surface area contributed by atoms with Crippen molar-refractivity contribution in [2.45, 2.75) is 13.1 Å². The van der Waals surface area contributed by atoms with Gasteiger partial charge in [-0.25, -0.2) is 4.98 Å². The van der Waals surface area contributed by atoms with Gasteiger partial charge in [0.1, 0.15) is 17.6 Å². The fraction of sp³-hybridized carbons (Fsp3) is 0.286. The summed E-state index contributed by atoms with van der Waals surface area (Å²) in [5.41, 5.74) is 1.63. The van der Waals surface area contributed by atoms with Gasteiger partial charge >= 0.3 is 0 Å². The van der Waals surface area contributed by atoms with Crippen molar-refractivity contribution in [1.29, 1.82) is 5.26 Å². The third kappa shape index (κ3) is 3.12. The molecular weight excluding hydrogens is 240 g/mol. The molecule has 0 spiro atoms. The van der Waals surface area contributed by atoms with Crippen LogP contribution in [0.2, 0.25) is 0 Å². The minimum Gasteiger partial charge on any atom is -0.495 e. The molecule has 98 valence electrons. The Labute approximate surface area is 112 Å². The Balaban J connectivity index is 1.97. The van der Waals surface area contributed by atoms with E-state index in [-0.39, 0.29) is 0 Å². The third-order valence-electron chi connectivity index (χ3n) is 2.92. The van der Waals surface area contributed by atoms with E-state index >= 15 is 0 Å². The summed E-state index contributed by atoms with van der Waals surface area (Å²) in [4.78, 5) is 4.24. The molecule has 5 heteroatoms. The van der Waals surface area contributed by atoms with Gasteiger partial charge in [0, 0.05) is 26.0 Å². The number of hydrogen-bond donors (Lipinski definition) is 1. The van der Waals surface area contributed by atoms with Crippen LogP contribution in [-0.2, 0) is 20.1 Å². The first-order valence-electron chi connectivity index (χ1n) is 5.98. The van der Waals surface area contributed by atoms with E-state index in [4.69, 9.17) is 10.00 Å². The molecule has 0 saturated carbocycles. The second-order valence-electron chi connectivity index (χ2n) is 4.20. The van der Waals surface area contributed by atoms with Crippen LogP contribution < -0.4 is 10.1 Å². The Morgan fingerprint density at radius 1 is 1.42 bits per heavy atom. The smallest absolute Gasteiger partial charge is 0.136 e. The number of benzene rings is 1. The Morgan fingerprint density at radius 3 is 2.89 bits per heavy atom. The Kier molecular flexibility index (Phi) is 4.16. The van der Waals surface area contributed by atoms with Crippen molar-refractivity contribution in [1.82, 2.24) is 14.9 Å². The molecule has 0 fully saturated rings. The average molecular weight is 256 g/mol. The monoisotopic (exact) mass is 256 g/mol. The Morgan fingerprint density at radius 2 is 2.26 bits per heavy atom. The van der Waals surface area contributed by atoms with Crippen LogP contribution in [-0.4, -0.2) is 16.7 Å². The van der Waals surface area contributed by atoms with Crippen molar-refractivity contribution in [3.8, 4) is 11.8 Å². The third-order valence-corrected chi connectivity index (χ3v) is 2.92. The summed E-state index contributed by atoms with van der Waals surface area (Å²) >= 11 is 0. The number of imidazole rings is 1. The molecule has 0 bridgehead atoms. The summed E-state index contributed by atoms with van der Waals surface area (Å²) in [5, 5.41) is 12.2. The van der Waals surface area contributed by atoms with E-state index in [0.29, 0.717) is 24.4 Å². The van der Waals surface area contributed by atoms with Gasteiger partial charge in [-0.2, -0.15) is 5.26 Å². The molecule has 0 atom stereocenters. The first-order chi connectivity index (χ1) is 9.24. The molecule has 0 saturated heterocycles. The van der Waals surface area contributed by atoms with Crippen molar-refractivity contribution in [3.63, 3.8) is 0 Å². The Hall–Kier alpha value is -2.32. The average Bonchev–Trinajstić information content (AvgIpc) is 2.84. The molecule has 5 nitrogen and oxygen atoms in total. The van der Waals surface area contributed by atoms with Crippen molar-refractivity contribution in [2.75, 3.05) is 7.11 Å². The molecule has 0 amide bonds. The number of hydrogen-bond acceptors (Lipinski definition) is 4. The zero-order valence-corrected chi connectivity index (χ0v) is 11.1. The normalized spacial score (nSPS) is 10.2. The molecule has 1 aromatic carbocycles.